The van der Waals surface area contributed by atoms with E-state index in [2.05, 4.69) is 5.32 Å². The summed E-state index contributed by atoms with van der Waals surface area (Å²) in [5, 5.41) is 2.80. The summed E-state index contributed by atoms with van der Waals surface area (Å²) in [6.07, 6.45) is 3.11. The van der Waals surface area contributed by atoms with E-state index in [1.54, 1.807) is 0 Å². The normalized spacial score (nSPS) is 41.8. The van der Waals surface area contributed by atoms with Crippen molar-refractivity contribution in [1.82, 2.24) is 5.32 Å². The number of hydrogen-bond donors (Lipinski definition) is 1. The second kappa shape index (κ2) is 2.71. The number of carbonyl (C=O) groups is 1. The molecule has 1 aliphatic carbocycles. The van der Waals surface area contributed by atoms with Gasteiger partial charge in [-0.3, -0.25) is 4.79 Å². The molecule has 2 atom stereocenters. The number of nitrogens with one attached hydrogen (secondary N) is 1. The largest absolute Gasteiger partial charge is 0.356 e. The molecular weight excluding hydrogens is 156 g/mol. The van der Waals surface area contributed by atoms with Gasteiger partial charge in [0.1, 0.15) is 6.17 Å². The van der Waals surface area contributed by atoms with Crippen molar-refractivity contribution in [3.63, 3.8) is 0 Å². The Morgan fingerprint density at radius 2 is 2.42 bits per heavy atom. The minimum Gasteiger partial charge on any atom is -0.356 e. The van der Waals surface area contributed by atoms with Gasteiger partial charge in [-0.05, 0) is 31.1 Å². The van der Waals surface area contributed by atoms with Crippen molar-refractivity contribution in [1.29, 1.82) is 0 Å². The van der Waals surface area contributed by atoms with Crippen molar-refractivity contribution < 1.29 is 9.18 Å². The first-order valence-corrected chi connectivity index (χ1v) is 4.61. The molecule has 0 aromatic rings. The van der Waals surface area contributed by atoms with Crippen molar-refractivity contribution >= 4 is 5.91 Å². The lowest BCUT2D eigenvalue weighted by Crippen LogP contribution is -2.31. The molecule has 12 heavy (non-hydrogen) atoms. The molecule has 2 fully saturated rings. The average molecular weight is 170 g/mol. The summed E-state index contributed by atoms with van der Waals surface area (Å²) >= 11 is 0. The maximum absolute atomic E-state index is 13.1. The van der Waals surface area contributed by atoms with Gasteiger partial charge in [-0.25, -0.2) is 4.39 Å². The molecule has 0 radical (unpaired) electrons. The molecule has 1 heterocycles. The Balaban J connectivity index is 2.05. The summed E-state index contributed by atoms with van der Waals surface area (Å²) < 4.78 is 13.1. The maximum atomic E-state index is 13.1. The molecule has 1 spiro atoms. The third-order valence-electron chi connectivity index (χ3n) is 3.08. The van der Waals surface area contributed by atoms with E-state index < -0.39 is 6.17 Å². The highest BCUT2D eigenvalue weighted by Crippen LogP contribution is 2.42. The Labute approximate surface area is 71.5 Å². The SMILES string of the molecule is O=C1CC2(CCCC([18F])C2)CN1. The van der Waals surface area contributed by atoms with E-state index in [0.717, 1.165) is 12.8 Å². The van der Waals surface area contributed by atoms with Gasteiger partial charge in [0.2, 0.25) is 5.91 Å². The summed E-state index contributed by atoms with van der Waals surface area (Å²) in [6, 6.07) is 0. The molecule has 0 aromatic carbocycles. The Hall–Kier alpha value is -0.600. The van der Waals surface area contributed by atoms with Crippen LogP contribution < -0.4 is 5.32 Å². The summed E-state index contributed by atoms with van der Waals surface area (Å²) in [6.45, 7) is 0.701. The van der Waals surface area contributed by atoms with Gasteiger partial charge in [0.25, 0.3) is 0 Å². The third-order valence-corrected chi connectivity index (χ3v) is 3.08. The lowest BCUT2D eigenvalue weighted by atomic mass is 9.73. The van der Waals surface area contributed by atoms with Crippen LogP contribution in [0.3, 0.4) is 0 Å². The maximum Gasteiger partial charge on any atom is 0.220 e. The number of rotatable bonds is 0. The number of halogens is 1. The molecule has 1 aliphatic heterocycles. The van der Waals surface area contributed by atoms with Crippen LogP contribution in [0, 0.1) is 5.41 Å². The molecule has 1 N–H and O–H groups in total. The van der Waals surface area contributed by atoms with Crippen LogP contribution in [0.25, 0.3) is 0 Å². The average Bonchev–Trinajstić information content (AvgIpc) is 2.32. The highest BCUT2D eigenvalue weighted by atomic mass is 18.2. The lowest BCUT2D eigenvalue weighted by Gasteiger charge is -2.33. The zero-order chi connectivity index (χ0) is 8.60. The molecular formula is C9H14FNO. The van der Waals surface area contributed by atoms with Crippen molar-refractivity contribution in [3.8, 4) is 0 Å². The fraction of sp³-hybridized carbons (Fsp3) is 0.889. The zero-order valence-corrected chi connectivity index (χ0v) is 7.11. The molecule has 1 amide bonds. The molecule has 2 unspecified atom stereocenters. The summed E-state index contributed by atoms with van der Waals surface area (Å²) in [5.74, 6) is 0.101. The highest BCUT2D eigenvalue weighted by Gasteiger charge is 2.42. The Kier molecular flexibility index (Phi) is 1.81. The number of amides is 1. The fourth-order valence-corrected chi connectivity index (χ4v) is 2.45. The van der Waals surface area contributed by atoms with Gasteiger partial charge in [-0.15, -0.1) is 0 Å². The van der Waals surface area contributed by atoms with Crippen molar-refractivity contribution in [2.75, 3.05) is 6.54 Å². The molecule has 2 nitrogen and oxygen atoms in total. The van der Waals surface area contributed by atoms with Crippen LogP contribution in [0.4, 0.5) is 4.39 Å². The van der Waals surface area contributed by atoms with Crippen LogP contribution >= 0.6 is 0 Å². The van der Waals surface area contributed by atoms with Gasteiger partial charge >= 0.3 is 0 Å². The van der Waals surface area contributed by atoms with Crippen molar-refractivity contribution in [2.45, 2.75) is 38.3 Å². The molecule has 68 valence electrons. The highest BCUT2D eigenvalue weighted by molar-refractivity contribution is 5.79. The Bertz CT molecular complexity index is 207. The molecule has 2 rings (SSSR count). The van der Waals surface area contributed by atoms with Gasteiger partial charge < -0.3 is 5.32 Å². The zero-order valence-electron chi connectivity index (χ0n) is 7.11. The van der Waals surface area contributed by atoms with Crippen LogP contribution in [0.15, 0.2) is 0 Å². The van der Waals surface area contributed by atoms with E-state index in [9.17, 15) is 9.18 Å². The van der Waals surface area contributed by atoms with E-state index in [0.29, 0.717) is 25.8 Å². The predicted molar refractivity (Wildman–Crippen MR) is 43.4 cm³/mol. The second-order valence-electron chi connectivity index (χ2n) is 4.15. The van der Waals surface area contributed by atoms with E-state index in [-0.39, 0.29) is 11.3 Å². The van der Waals surface area contributed by atoms with Crippen LogP contribution in [0.1, 0.15) is 32.1 Å². The number of hydrogen-bond acceptors (Lipinski definition) is 1. The standard InChI is InChI=1S/C9H14FNO/c10-7-2-1-3-9(4-7)5-8(12)11-6-9/h7H,1-6H2,(H,11,12)/i10-1. The van der Waals surface area contributed by atoms with Crippen molar-refractivity contribution in [2.24, 2.45) is 5.41 Å². The molecule has 3 heteroatoms. The van der Waals surface area contributed by atoms with Crippen LogP contribution in [0.5, 0.6) is 0 Å². The first kappa shape index (κ1) is 8.02. The number of carbonyl (C=O) groups excluding carboxylic acids is 1. The topological polar surface area (TPSA) is 29.1 Å². The summed E-state index contributed by atoms with van der Waals surface area (Å²) in [5.41, 5.74) is -0.0191. The van der Waals surface area contributed by atoms with Gasteiger partial charge in [0, 0.05) is 13.0 Å². The minimum atomic E-state index is -0.675. The van der Waals surface area contributed by atoms with Gasteiger partial charge in [-0.2, -0.15) is 0 Å². The quantitative estimate of drug-likeness (QED) is 0.585. The van der Waals surface area contributed by atoms with Gasteiger partial charge in [0.15, 0.2) is 0 Å². The second-order valence-corrected chi connectivity index (χ2v) is 4.15. The van der Waals surface area contributed by atoms with E-state index in [1.807, 2.05) is 0 Å². The molecule has 0 aromatic heterocycles. The monoisotopic (exact) mass is 170 g/mol. The molecule has 1 saturated heterocycles. The van der Waals surface area contributed by atoms with Gasteiger partial charge in [-0.1, -0.05) is 0 Å². The van der Waals surface area contributed by atoms with Gasteiger partial charge in [0.05, 0.1) is 0 Å². The smallest absolute Gasteiger partial charge is 0.220 e. The summed E-state index contributed by atoms with van der Waals surface area (Å²) in [4.78, 5) is 11.0. The van der Waals surface area contributed by atoms with Crippen LogP contribution in [-0.2, 0) is 4.79 Å². The van der Waals surface area contributed by atoms with E-state index in [1.165, 1.54) is 0 Å². The number of alkyl halides is 1. The molecule has 0 bridgehead atoms. The molecule has 2 aliphatic rings. The summed E-state index contributed by atoms with van der Waals surface area (Å²) in [7, 11) is 0. The minimum absolute atomic E-state index is 0.0191. The Morgan fingerprint density at radius 1 is 1.58 bits per heavy atom. The first-order valence-electron chi connectivity index (χ1n) is 4.61. The van der Waals surface area contributed by atoms with Crippen LogP contribution in [-0.4, -0.2) is 18.6 Å². The Morgan fingerprint density at radius 3 is 3.00 bits per heavy atom. The lowest BCUT2D eigenvalue weighted by molar-refractivity contribution is -0.119. The molecule has 1 saturated carbocycles. The van der Waals surface area contributed by atoms with Crippen LogP contribution in [0.2, 0.25) is 0 Å². The fourth-order valence-electron chi connectivity index (χ4n) is 2.45. The van der Waals surface area contributed by atoms with E-state index in [4.69, 9.17) is 0 Å². The third kappa shape index (κ3) is 1.32. The van der Waals surface area contributed by atoms with Crippen molar-refractivity contribution in [3.05, 3.63) is 0 Å². The van der Waals surface area contributed by atoms with E-state index >= 15 is 0 Å². The first-order chi connectivity index (χ1) is 5.70. The predicted octanol–water partition coefficient (Wildman–Crippen LogP) is 1.40.